The molecule has 1 aromatic heterocycles. The number of hydrogen-bond acceptors (Lipinski definition) is 5. The maximum absolute atomic E-state index is 12.5. The van der Waals surface area contributed by atoms with Gasteiger partial charge in [0.2, 0.25) is 0 Å². The van der Waals surface area contributed by atoms with Gasteiger partial charge in [0.15, 0.2) is 0 Å². The Morgan fingerprint density at radius 1 is 1.38 bits per heavy atom. The molecule has 0 saturated carbocycles. The fourth-order valence-corrected chi connectivity index (χ4v) is 2.66. The number of anilines is 1. The molecule has 7 nitrogen and oxygen atoms in total. The van der Waals surface area contributed by atoms with Crippen molar-refractivity contribution in [3.05, 3.63) is 11.4 Å². The van der Waals surface area contributed by atoms with Crippen LogP contribution in [0.4, 0.5) is 5.69 Å². The van der Waals surface area contributed by atoms with Crippen molar-refractivity contribution >= 4 is 17.6 Å². The highest BCUT2D eigenvalue weighted by Crippen LogP contribution is 2.23. The number of piperidine rings is 1. The minimum atomic E-state index is -0.166. The smallest absolute Gasteiger partial charge is 0.309 e. The topological polar surface area (TPSA) is 90.4 Å². The Morgan fingerprint density at radius 3 is 2.48 bits per heavy atom. The number of nitrogens with zero attached hydrogens (tertiary/aromatic N) is 3. The summed E-state index contributed by atoms with van der Waals surface area (Å²) in [4.78, 5) is 25.9. The molecule has 1 aromatic rings. The van der Waals surface area contributed by atoms with Gasteiger partial charge in [0.05, 0.1) is 23.9 Å². The lowest BCUT2D eigenvalue weighted by Gasteiger charge is -2.30. The van der Waals surface area contributed by atoms with Crippen LogP contribution in [0.2, 0.25) is 0 Å². The van der Waals surface area contributed by atoms with Crippen LogP contribution >= 0.6 is 0 Å². The second-order valence-corrected chi connectivity index (χ2v) is 5.29. The van der Waals surface area contributed by atoms with Crippen LogP contribution < -0.4 is 5.73 Å². The Kier molecular flexibility index (Phi) is 4.50. The second kappa shape index (κ2) is 6.15. The third-order valence-electron chi connectivity index (χ3n) is 3.87. The third kappa shape index (κ3) is 3.01. The largest absolute Gasteiger partial charge is 0.466 e. The van der Waals surface area contributed by atoms with Gasteiger partial charge in [-0.05, 0) is 26.7 Å². The maximum Gasteiger partial charge on any atom is 0.309 e. The zero-order chi connectivity index (χ0) is 15.6. The predicted octanol–water partition coefficient (Wildman–Crippen LogP) is 0.726. The first-order valence-corrected chi connectivity index (χ1v) is 7.20. The summed E-state index contributed by atoms with van der Waals surface area (Å²) in [5, 5.41) is 4.16. The summed E-state index contributed by atoms with van der Waals surface area (Å²) in [7, 11) is 1.71. The van der Waals surface area contributed by atoms with Crippen LogP contribution in [0, 0.1) is 12.8 Å². The number of esters is 1. The van der Waals surface area contributed by atoms with Gasteiger partial charge in [-0.25, -0.2) is 0 Å². The van der Waals surface area contributed by atoms with E-state index in [1.165, 1.54) is 4.68 Å². The zero-order valence-corrected chi connectivity index (χ0v) is 12.8. The number of nitrogen functional groups attached to an aromatic ring is 1. The highest BCUT2D eigenvalue weighted by Gasteiger charge is 2.30. The molecule has 0 bridgehead atoms. The van der Waals surface area contributed by atoms with E-state index in [0.717, 1.165) is 0 Å². The quantitative estimate of drug-likeness (QED) is 0.830. The van der Waals surface area contributed by atoms with E-state index in [-0.39, 0.29) is 17.8 Å². The summed E-state index contributed by atoms with van der Waals surface area (Å²) in [5.41, 5.74) is 7.42. The maximum atomic E-state index is 12.5. The highest BCUT2D eigenvalue weighted by molar-refractivity contribution is 5.98. The lowest BCUT2D eigenvalue weighted by molar-refractivity contribution is -0.149. The SMILES string of the molecule is CCOC(=O)C1CCN(C(=O)c2c(N)c(C)nn2C)CC1. The van der Waals surface area contributed by atoms with E-state index in [2.05, 4.69) is 5.10 Å². The van der Waals surface area contributed by atoms with Gasteiger partial charge < -0.3 is 15.4 Å². The molecule has 0 unspecified atom stereocenters. The molecule has 21 heavy (non-hydrogen) atoms. The highest BCUT2D eigenvalue weighted by atomic mass is 16.5. The first kappa shape index (κ1) is 15.3. The van der Waals surface area contributed by atoms with Gasteiger partial charge in [-0.15, -0.1) is 0 Å². The van der Waals surface area contributed by atoms with Crippen molar-refractivity contribution in [2.24, 2.45) is 13.0 Å². The van der Waals surface area contributed by atoms with Crippen molar-refractivity contribution in [3.8, 4) is 0 Å². The summed E-state index contributed by atoms with van der Waals surface area (Å²) < 4.78 is 6.55. The summed E-state index contributed by atoms with van der Waals surface area (Å²) >= 11 is 0. The number of aromatic nitrogens is 2. The normalized spacial score (nSPS) is 16.0. The number of likely N-dealkylation sites (tertiary alicyclic amines) is 1. The molecule has 0 spiro atoms. The average Bonchev–Trinajstić information content (AvgIpc) is 2.72. The van der Waals surface area contributed by atoms with Crippen LogP contribution in [-0.4, -0.2) is 46.3 Å². The number of rotatable bonds is 3. The Bertz CT molecular complexity index is 545. The lowest BCUT2D eigenvalue weighted by Crippen LogP contribution is -2.41. The number of carbonyl (C=O) groups excluding carboxylic acids is 2. The van der Waals surface area contributed by atoms with Crippen molar-refractivity contribution in [1.29, 1.82) is 0 Å². The summed E-state index contributed by atoms with van der Waals surface area (Å²) in [6.45, 7) is 5.03. The fourth-order valence-electron chi connectivity index (χ4n) is 2.66. The third-order valence-corrected chi connectivity index (χ3v) is 3.87. The van der Waals surface area contributed by atoms with Crippen LogP contribution in [0.3, 0.4) is 0 Å². The average molecular weight is 294 g/mol. The van der Waals surface area contributed by atoms with E-state index < -0.39 is 0 Å². The van der Waals surface area contributed by atoms with Gasteiger partial charge in [-0.1, -0.05) is 0 Å². The predicted molar refractivity (Wildman–Crippen MR) is 77.6 cm³/mol. The Hall–Kier alpha value is -2.05. The van der Waals surface area contributed by atoms with Crippen LogP contribution in [0.15, 0.2) is 0 Å². The number of ether oxygens (including phenoxy) is 1. The minimum absolute atomic E-state index is 0.111. The molecule has 0 aromatic carbocycles. The molecule has 7 heteroatoms. The number of carbonyl (C=O) groups is 2. The van der Waals surface area contributed by atoms with Gasteiger partial charge in [0.1, 0.15) is 5.69 Å². The summed E-state index contributed by atoms with van der Waals surface area (Å²) in [6, 6.07) is 0. The molecule has 2 rings (SSSR count). The standard InChI is InChI=1S/C14H22N4O3/c1-4-21-14(20)10-5-7-18(8-6-10)13(19)12-11(15)9(2)16-17(12)3/h10H,4-8,15H2,1-3H3. The first-order valence-electron chi connectivity index (χ1n) is 7.20. The van der Waals surface area contributed by atoms with Gasteiger partial charge >= 0.3 is 5.97 Å². The van der Waals surface area contributed by atoms with Gasteiger partial charge in [-0.3, -0.25) is 14.3 Å². The van der Waals surface area contributed by atoms with Crippen LogP contribution in [0.5, 0.6) is 0 Å². The number of aryl methyl sites for hydroxylation is 2. The zero-order valence-electron chi connectivity index (χ0n) is 12.8. The monoisotopic (exact) mass is 294 g/mol. The van der Waals surface area contributed by atoms with E-state index in [4.69, 9.17) is 10.5 Å². The molecule has 0 atom stereocenters. The molecule has 1 aliphatic heterocycles. The number of amides is 1. The van der Waals surface area contributed by atoms with Crippen molar-refractivity contribution in [3.63, 3.8) is 0 Å². The van der Waals surface area contributed by atoms with Crippen molar-refractivity contribution in [1.82, 2.24) is 14.7 Å². The molecule has 1 aliphatic rings. The number of hydrogen-bond donors (Lipinski definition) is 1. The van der Waals surface area contributed by atoms with E-state index in [1.54, 1.807) is 25.8 Å². The minimum Gasteiger partial charge on any atom is -0.466 e. The summed E-state index contributed by atoms with van der Waals surface area (Å²) in [5.74, 6) is -0.405. The van der Waals surface area contributed by atoms with Crippen LogP contribution in [-0.2, 0) is 16.6 Å². The Morgan fingerprint density at radius 2 is 2.00 bits per heavy atom. The molecular formula is C14H22N4O3. The fraction of sp³-hybridized carbons (Fsp3) is 0.643. The van der Waals surface area contributed by atoms with Crippen LogP contribution in [0.1, 0.15) is 35.9 Å². The molecule has 0 radical (unpaired) electrons. The molecule has 1 saturated heterocycles. The van der Waals surface area contributed by atoms with E-state index in [9.17, 15) is 9.59 Å². The van der Waals surface area contributed by atoms with Gasteiger partial charge in [-0.2, -0.15) is 5.10 Å². The van der Waals surface area contributed by atoms with Gasteiger partial charge in [0, 0.05) is 20.1 Å². The van der Waals surface area contributed by atoms with E-state index in [0.29, 0.717) is 49.6 Å². The molecule has 1 amide bonds. The Balaban J connectivity index is 2.02. The van der Waals surface area contributed by atoms with Crippen LogP contribution in [0.25, 0.3) is 0 Å². The van der Waals surface area contributed by atoms with E-state index >= 15 is 0 Å². The molecular weight excluding hydrogens is 272 g/mol. The number of nitrogens with two attached hydrogens (primary N) is 1. The van der Waals surface area contributed by atoms with E-state index in [1.807, 2.05) is 0 Å². The Labute approximate surface area is 124 Å². The van der Waals surface area contributed by atoms with Crippen molar-refractivity contribution in [2.75, 3.05) is 25.4 Å². The molecule has 1 fully saturated rings. The molecule has 2 heterocycles. The van der Waals surface area contributed by atoms with Crippen molar-refractivity contribution < 1.29 is 14.3 Å². The molecule has 116 valence electrons. The molecule has 0 aliphatic carbocycles. The second-order valence-electron chi connectivity index (χ2n) is 5.29. The molecule has 2 N–H and O–H groups in total. The first-order chi connectivity index (χ1) is 9.95. The van der Waals surface area contributed by atoms with Crippen molar-refractivity contribution in [2.45, 2.75) is 26.7 Å². The lowest BCUT2D eigenvalue weighted by atomic mass is 9.97. The van der Waals surface area contributed by atoms with Gasteiger partial charge in [0.25, 0.3) is 5.91 Å². The summed E-state index contributed by atoms with van der Waals surface area (Å²) in [6.07, 6.45) is 1.25.